The van der Waals surface area contributed by atoms with E-state index in [2.05, 4.69) is 44.3 Å². The summed E-state index contributed by atoms with van der Waals surface area (Å²) in [6.07, 6.45) is 4.85. The average molecular weight is 291 g/mol. The number of aliphatic hydroxyl groups excluding tert-OH is 1. The van der Waals surface area contributed by atoms with E-state index in [9.17, 15) is 5.11 Å². The summed E-state index contributed by atoms with van der Waals surface area (Å²) in [4.78, 5) is 0. The van der Waals surface area contributed by atoms with E-state index in [1.807, 2.05) is 0 Å². The van der Waals surface area contributed by atoms with Gasteiger partial charge in [-0.2, -0.15) is 0 Å². The molecule has 0 bridgehead atoms. The fourth-order valence-electron chi connectivity index (χ4n) is 3.08. The van der Waals surface area contributed by atoms with Crippen LogP contribution in [0, 0.1) is 6.92 Å². The smallest absolute Gasteiger partial charge is 0.124 e. The number of ether oxygens (including phenoxy) is 1. The van der Waals surface area contributed by atoms with Crippen molar-refractivity contribution < 1.29 is 9.84 Å². The normalized spacial score (nSPS) is 24.4. The lowest BCUT2D eigenvalue weighted by Gasteiger charge is -2.25. The van der Waals surface area contributed by atoms with E-state index in [0.29, 0.717) is 0 Å². The molecule has 0 heterocycles. The molecule has 3 atom stereocenters. The lowest BCUT2D eigenvalue weighted by molar-refractivity contribution is 0.0312. The molecule has 1 aromatic carbocycles. The zero-order chi connectivity index (χ0) is 15.2. The Kier molecular flexibility index (Phi) is 6.07. The van der Waals surface area contributed by atoms with E-state index < -0.39 is 0 Å². The highest BCUT2D eigenvalue weighted by molar-refractivity contribution is 5.39. The van der Waals surface area contributed by atoms with Gasteiger partial charge in [0.25, 0.3) is 0 Å². The van der Waals surface area contributed by atoms with Gasteiger partial charge in [0, 0.05) is 11.6 Å². The molecule has 3 nitrogen and oxygen atoms in total. The van der Waals surface area contributed by atoms with Crippen molar-refractivity contribution in [1.82, 2.24) is 5.32 Å². The third-order valence-electron chi connectivity index (χ3n) is 4.34. The predicted octanol–water partition coefficient (Wildman–Crippen LogP) is 3.74. The van der Waals surface area contributed by atoms with Gasteiger partial charge in [0.05, 0.1) is 6.10 Å². The fraction of sp³-hybridized carbons (Fsp3) is 0.667. The number of rotatable bonds is 5. The molecule has 0 saturated heterocycles. The molecule has 0 aromatic heterocycles. The van der Waals surface area contributed by atoms with E-state index in [0.717, 1.165) is 38.0 Å². The molecule has 3 heteroatoms. The van der Waals surface area contributed by atoms with E-state index in [4.69, 9.17) is 4.74 Å². The maximum absolute atomic E-state index is 10.3. The van der Waals surface area contributed by atoms with Gasteiger partial charge in [-0.15, -0.1) is 0 Å². The van der Waals surface area contributed by atoms with E-state index in [-0.39, 0.29) is 18.2 Å². The van der Waals surface area contributed by atoms with E-state index in [1.165, 1.54) is 17.5 Å². The van der Waals surface area contributed by atoms with Crippen molar-refractivity contribution >= 4 is 0 Å². The minimum atomic E-state index is -0.337. The Morgan fingerprint density at radius 2 is 2.05 bits per heavy atom. The molecule has 1 saturated carbocycles. The minimum absolute atomic E-state index is 0.0669. The van der Waals surface area contributed by atoms with Crippen molar-refractivity contribution in [3.63, 3.8) is 0 Å². The SMILES string of the molecule is CCNC(C)c1cc(C)ccc1OC1CCCCCC1O. The number of benzene rings is 1. The van der Waals surface area contributed by atoms with Crippen LogP contribution < -0.4 is 10.1 Å². The molecule has 0 amide bonds. The number of nitrogens with one attached hydrogen (secondary N) is 1. The first-order valence-corrected chi connectivity index (χ1v) is 8.30. The Bertz CT molecular complexity index is 447. The molecule has 0 spiro atoms. The Morgan fingerprint density at radius 1 is 1.29 bits per heavy atom. The van der Waals surface area contributed by atoms with Crippen LogP contribution in [0.5, 0.6) is 5.75 Å². The number of aryl methyl sites for hydroxylation is 1. The van der Waals surface area contributed by atoms with Gasteiger partial charge in [-0.3, -0.25) is 0 Å². The van der Waals surface area contributed by atoms with E-state index >= 15 is 0 Å². The van der Waals surface area contributed by atoms with Gasteiger partial charge in [-0.25, -0.2) is 0 Å². The molecule has 1 fully saturated rings. The molecule has 1 aliphatic rings. The summed E-state index contributed by atoms with van der Waals surface area (Å²) in [6.45, 7) is 7.31. The standard InChI is InChI=1S/C18H29NO2/c1-4-19-14(3)15-12-13(2)10-11-17(15)21-18-9-7-5-6-8-16(18)20/h10-12,14,16,18-20H,4-9H2,1-3H3. The summed E-state index contributed by atoms with van der Waals surface area (Å²) in [5.41, 5.74) is 2.43. The predicted molar refractivity (Wildman–Crippen MR) is 86.8 cm³/mol. The van der Waals surface area contributed by atoms with Crippen LogP contribution in [0.25, 0.3) is 0 Å². The van der Waals surface area contributed by atoms with Crippen molar-refractivity contribution in [1.29, 1.82) is 0 Å². The topological polar surface area (TPSA) is 41.5 Å². The van der Waals surface area contributed by atoms with Crippen LogP contribution in [-0.2, 0) is 0 Å². The first kappa shape index (κ1) is 16.3. The lowest BCUT2D eigenvalue weighted by atomic mass is 10.0. The number of hydrogen-bond acceptors (Lipinski definition) is 3. The Balaban J connectivity index is 2.17. The Morgan fingerprint density at radius 3 is 2.81 bits per heavy atom. The summed E-state index contributed by atoms with van der Waals surface area (Å²) in [7, 11) is 0. The van der Waals surface area contributed by atoms with Crippen LogP contribution >= 0.6 is 0 Å². The summed E-state index contributed by atoms with van der Waals surface area (Å²) < 4.78 is 6.21. The average Bonchev–Trinajstić information content (AvgIpc) is 2.66. The highest BCUT2D eigenvalue weighted by atomic mass is 16.5. The largest absolute Gasteiger partial charge is 0.487 e. The molecule has 3 unspecified atom stereocenters. The summed E-state index contributed by atoms with van der Waals surface area (Å²) in [5, 5.41) is 13.7. The van der Waals surface area contributed by atoms with Gasteiger partial charge < -0.3 is 15.2 Å². The van der Waals surface area contributed by atoms with Crippen LogP contribution in [0.4, 0.5) is 0 Å². The molecule has 118 valence electrons. The van der Waals surface area contributed by atoms with Crippen molar-refractivity contribution in [2.75, 3.05) is 6.54 Å². The Labute approximate surface area is 128 Å². The maximum atomic E-state index is 10.3. The molecule has 1 aliphatic carbocycles. The first-order valence-electron chi connectivity index (χ1n) is 8.30. The molecule has 2 rings (SSSR count). The van der Waals surface area contributed by atoms with Gasteiger partial charge in [0.2, 0.25) is 0 Å². The number of aliphatic hydroxyl groups is 1. The highest BCUT2D eigenvalue weighted by Gasteiger charge is 2.24. The van der Waals surface area contributed by atoms with Crippen molar-refractivity contribution in [2.24, 2.45) is 0 Å². The van der Waals surface area contributed by atoms with Crippen LogP contribution in [-0.4, -0.2) is 23.9 Å². The molecular formula is C18H29NO2. The van der Waals surface area contributed by atoms with Crippen LogP contribution in [0.3, 0.4) is 0 Å². The molecule has 2 N–H and O–H groups in total. The van der Waals surface area contributed by atoms with Gasteiger partial charge in [-0.1, -0.05) is 37.5 Å². The summed E-state index contributed by atoms with van der Waals surface area (Å²) in [6, 6.07) is 6.58. The molecule has 1 aromatic rings. The second-order valence-corrected chi connectivity index (χ2v) is 6.18. The quantitative estimate of drug-likeness (QED) is 0.812. The maximum Gasteiger partial charge on any atom is 0.124 e. The number of hydrogen-bond donors (Lipinski definition) is 2. The van der Waals surface area contributed by atoms with E-state index in [1.54, 1.807) is 0 Å². The first-order chi connectivity index (χ1) is 10.1. The van der Waals surface area contributed by atoms with Gasteiger partial charge in [0.15, 0.2) is 0 Å². The summed E-state index contributed by atoms with van der Waals surface area (Å²) in [5.74, 6) is 0.917. The van der Waals surface area contributed by atoms with Crippen LogP contribution in [0.15, 0.2) is 18.2 Å². The lowest BCUT2D eigenvalue weighted by Crippen LogP contribution is -2.31. The van der Waals surface area contributed by atoms with Crippen LogP contribution in [0.2, 0.25) is 0 Å². The van der Waals surface area contributed by atoms with Crippen molar-refractivity contribution in [3.8, 4) is 5.75 Å². The summed E-state index contributed by atoms with van der Waals surface area (Å²) >= 11 is 0. The molecular weight excluding hydrogens is 262 g/mol. The second-order valence-electron chi connectivity index (χ2n) is 6.18. The minimum Gasteiger partial charge on any atom is -0.487 e. The molecule has 0 radical (unpaired) electrons. The monoisotopic (exact) mass is 291 g/mol. The fourth-order valence-corrected chi connectivity index (χ4v) is 3.08. The third-order valence-corrected chi connectivity index (χ3v) is 4.34. The zero-order valence-electron chi connectivity index (χ0n) is 13.6. The van der Waals surface area contributed by atoms with Crippen molar-refractivity contribution in [2.45, 2.75) is 71.1 Å². The third kappa shape index (κ3) is 4.45. The van der Waals surface area contributed by atoms with Crippen LogP contribution in [0.1, 0.15) is 63.1 Å². The van der Waals surface area contributed by atoms with Crippen molar-refractivity contribution in [3.05, 3.63) is 29.3 Å². The molecule has 21 heavy (non-hydrogen) atoms. The highest BCUT2D eigenvalue weighted by Crippen LogP contribution is 2.30. The van der Waals surface area contributed by atoms with Gasteiger partial charge >= 0.3 is 0 Å². The van der Waals surface area contributed by atoms with Gasteiger partial charge in [0.1, 0.15) is 11.9 Å². The molecule has 0 aliphatic heterocycles. The second kappa shape index (κ2) is 7.81. The van der Waals surface area contributed by atoms with Gasteiger partial charge in [-0.05, 0) is 45.7 Å². The zero-order valence-corrected chi connectivity index (χ0v) is 13.6. The Hall–Kier alpha value is -1.06.